The summed E-state index contributed by atoms with van der Waals surface area (Å²) in [5.74, 6) is -0.444. The molecule has 0 spiro atoms. The summed E-state index contributed by atoms with van der Waals surface area (Å²) in [6.07, 6.45) is 3.16. The van der Waals surface area contributed by atoms with Crippen LogP contribution in [0.5, 0.6) is 0 Å². The molecule has 1 rings (SSSR count). The first-order valence-corrected chi connectivity index (χ1v) is 3.62. The third kappa shape index (κ3) is 2.03. The van der Waals surface area contributed by atoms with E-state index in [0.29, 0.717) is 12.1 Å². The van der Waals surface area contributed by atoms with Crippen molar-refractivity contribution < 1.29 is 4.79 Å². The van der Waals surface area contributed by atoms with Gasteiger partial charge in [-0.05, 0) is 18.7 Å². The van der Waals surface area contributed by atoms with Crippen molar-refractivity contribution in [3.8, 4) is 0 Å². The Kier molecular flexibility index (Phi) is 2.76. The molecule has 0 saturated heterocycles. The average molecular weight is 165 g/mol. The number of hydrogen-bond donors (Lipinski definition) is 2. The predicted molar refractivity (Wildman–Crippen MR) is 45.5 cm³/mol. The van der Waals surface area contributed by atoms with Crippen LogP contribution in [0.25, 0.3) is 0 Å². The minimum Gasteiger partial charge on any atom is -0.366 e. The first kappa shape index (κ1) is 8.67. The zero-order valence-corrected chi connectivity index (χ0v) is 6.87. The van der Waals surface area contributed by atoms with Crippen LogP contribution in [0, 0.1) is 0 Å². The SMILES string of the molecule is CNCc1cncc(C(N)=O)c1. The van der Waals surface area contributed by atoms with Gasteiger partial charge >= 0.3 is 0 Å². The summed E-state index contributed by atoms with van der Waals surface area (Å²) in [5, 5.41) is 2.96. The number of hydrogen-bond acceptors (Lipinski definition) is 3. The van der Waals surface area contributed by atoms with Crippen LogP contribution < -0.4 is 11.1 Å². The molecule has 0 radical (unpaired) electrons. The molecule has 4 nitrogen and oxygen atoms in total. The van der Waals surface area contributed by atoms with Crippen LogP contribution in [0.15, 0.2) is 18.5 Å². The monoisotopic (exact) mass is 165 g/mol. The van der Waals surface area contributed by atoms with Gasteiger partial charge in [-0.15, -0.1) is 0 Å². The van der Waals surface area contributed by atoms with Crippen LogP contribution in [0.2, 0.25) is 0 Å². The summed E-state index contributed by atoms with van der Waals surface area (Å²) in [5.41, 5.74) is 6.48. The second-order valence-corrected chi connectivity index (χ2v) is 2.48. The highest BCUT2D eigenvalue weighted by atomic mass is 16.1. The molecule has 0 aliphatic heterocycles. The Balaban J connectivity index is 2.88. The lowest BCUT2D eigenvalue weighted by molar-refractivity contribution is 0.1000. The van der Waals surface area contributed by atoms with Crippen LogP contribution in [0.4, 0.5) is 0 Å². The zero-order valence-electron chi connectivity index (χ0n) is 6.87. The molecule has 0 atom stereocenters. The first-order valence-electron chi connectivity index (χ1n) is 3.62. The predicted octanol–water partition coefficient (Wildman–Crippen LogP) is -0.100. The van der Waals surface area contributed by atoms with E-state index in [9.17, 15) is 4.79 Å². The van der Waals surface area contributed by atoms with Gasteiger partial charge in [0.15, 0.2) is 0 Å². The van der Waals surface area contributed by atoms with Crippen molar-refractivity contribution in [3.63, 3.8) is 0 Å². The largest absolute Gasteiger partial charge is 0.366 e. The molecule has 0 bridgehead atoms. The average Bonchev–Trinajstić information content (AvgIpc) is 2.05. The standard InChI is InChI=1S/C8H11N3O/c1-10-3-6-2-7(8(9)12)5-11-4-6/h2,4-5,10H,3H2,1H3,(H2,9,12). The van der Waals surface area contributed by atoms with Gasteiger partial charge in [0.05, 0.1) is 5.56 Å². The van der Waals surface area contributed by atoms with E-state index in [1.54, 1.807) is 12.3 Å². The normalized spacial score (nSPS) is 9.75. The van der Waals surface area contributed by atoms with Crippen molar-refractivity contribution in [2.75, 3.05) is 7.05 Å². The number of nitrogens with two attached hydrogens (primary N) is 1. The topological polar surface area (TPSA) is 68.0 Å². The number of carbonyl (C=O) groups excluding carboxylic acids is 1. The minimum absolute atomic E-state index is 0.444. The maximum absolute atomic E-state index is 10.7. The Morgan fingerprint density at radius 3 is 3.00 bits per heavy atom. The number of amides is 1. The summed E-state index contributed by atoms with van der Waals surface area (Å²) in [7, 11) is 1.83. The van der Waals surface area contributed by atoms with Crippen LogP contribution >= 0.6 is 0 Å². The molecular weight excluding hydrogens is 154 g/mol. The van der Waals surface area contributed by atoms with Gasteiger partial charge in [0.1, 0.15) is 0 Å². The fourth-order valence-corrected chi connectivity index (χ4v) is 0.923. The third-order valence-corrected chi connectivity index (χ3v) is 1.46. The molecule has 0 unspecified atom stereocenters. The summed E-state index contributed by atoms with van der Waals surface area (Å²) in [6.45, 7) is 0.689. The summed E-state index contributed by atoms with van der Waals surface area (Å²) >= 11 is 0. The van der Waals surface area contributed by atoms with E-state index < -0.39 is 5.91 Å². The van der Waals surface area contributed by atoms with Crippen LogP contribution in [0.3, 0.4) is 0 Å². The number of nitrogens with zero attached hydrogens (tertiary/aromatic N) is 1. The van der Waals surface area contributed by atoms with Crippen molar-refractivity contribution in [2.45, 2.75) is 6.54 Å². The molecule has 0 fully saturated rings. The second-order valence-electron chi connectivity index (χ2n) is 2.48. The smallest absolute Gasteiger partial charge is 0.250 e. The molecule has 1 heterocycles. The highest BCUT2D eigenvalue weighted by Crippen LogP contribution is 2.00. The minimum atomic E-state index is -0.444. The van der Waals surface area contributed by atoms with E-state index in [0.717, 1.165) is 5.56 Å². The number of rotatable bonds is 3. The van der Waals surface area contributed by atoms with E-state index in [2.05, 4.69) is 10.3 Å². The Morgan fingerprint density at radius 2 is 2.42 bits per heavy atom. The van der Waals surface area contributed by atoms with Crippen LogP contribution in [-0.4, -0.2) is 17.9 Å². The van der Waals surface area contributed by atoms with Gasteiger partial charge < -0.3 is 11.1 Å². The highest BCUT2D eigenvalue weighted by Gasteiger charge is 2.00. The van der Waals surface area contributed by atoms with E-state index >= 15 is 0 Å². The van der Waals surface area contributed by atoms with E-state index in [4.69, 9.17) is 5.73 Å². The van der Waals surface area contributed by atoms with Crippen LogP contribution in [0.1, 0.15) is 15.9 Å². The summed E-state index contributed by atoms with van der Waals surface area (Å²) in [6, 6.07) is 1.73. The van der Waals surface area contributed by atoms with Gasteiger partial charge in [0, 0.05) is 18.9 Å². The number of nitrogens with one attached hydrogen (secondary N) is 1. The van der Waals surface area contributed by atoms with Gasteiger partial charge in [-0.1, -0.05) is 0 Å². The molecule has 3 N–H and O–H groups in total. The number of carbonyl (C=O) groups is 1. The van der Waals surface area contributed by atoms with Crippen molar-refractivity contribution in [1.29, 1.82) is 0 Å². The molecule has 1 aromatic rings. The van der Waals surface area contributed by atoms with E-state index in [1.807, 2.05) is 7.05 Å². The van der Waals surface area contributed by atoms with Gasteiger partial charge in [-0.3, -0.25) is 9.78 Å². The molecule has 1 amide bonds. The Labute approximate surface area is 70.8 Å². The van der Waals surface area contributed by atoms with Crippen molar-refractivity contribution in [1.82, 2.24) is 10.3 Å². The Hall–Kier alpha value is -1.42. The lowest BCUT2D eigenvalue weighted by Gasteiger charge is -2.00. The summed E-state index contributed by atoms with van der Waals surface area (Å²) in [4.78, 5) is 14.6. The number of primary amides is 1. The van der Waals surface area contributed by atoms with Gasteiger partial charge in [0.25, 0.3) is 0 Å². The maximum Gasteiger partial charge on any atom is 0.250 e. The first-order chi connectivity index (χ1) is 5.74. The van der Waals surface area contributed by atoms with Crippen LogP contribution in [-0.2, 0) is 6.54 Å². The van der Waals surface area contributed by atoms with Crippen molar-refractivity contribution >= 4 is 5.91 Å². The molecule has 4 heteroatoms. The third-order valence-electron chi connectivity index (χ3n) is 1.46. The lowest BCUT2D eigenvalue weighted by Crippen LogP contribution is -2.13. The van der Waals surface area contributed by atoms with Crippen molar-refractivity contribution in [3.05, 3.63) is 29.6 Å². The molecule has 0 saturated carbocycles. The van der Waals surface area contributed by atoms with E-state index in [-0.39, 0.29) is 0 Å². The molecule has 0 aliphatic carbocycles. The highest BCUT2D eigenvalue weighted by molar-refractivity contribution is 5.92. The lowest BCUT2D eigenvalue weighted by atomic mass is 10.2. The molecule has 0 aromatic carbocycles. The fourth-order valence-electron chi connectivity index (χ4n) is 0.923. The molecule has 12 heavy (non-hydrogen) atoms. The van der Waals surface area contributed by atoms with Crippen molar-refractivity contribution in [2.24, 2.45) is 5.73 Å². The van der Waals surface area contributed by atoms with E-state index in [1.165, 1.54) is 6.20 Å². The Morgan fingerprint density at radius 1 is 1.67 bits per heavy atom. The molecule has 1 aromatic heterocycles. The quantitative estimate of drug-likeness (QED) is 0.657. The van der Waals surface area contributed by atoms with Gasteiger partial charge in [0.2, 0.25) is 5.91 Å². The van der Waals surface area contributed by atoms with Gasteiger partial charge in [-0.25, -0.2) is 0 Å². The number of pyridine rings is 1. The molecule has 64 valence electrons. The molecule has 0 aliphatic rings. The summed E-state index contributed by atoms with van der Waals surface area (Å²) < 4.78 is 0. The molecular formula is C8H11N3O. The Bertz CT molecular complexity index is 285. The fraction of sp³-hybridized carbons (Fsp3) is 0.250. The number of aromatic nitrogens is 1. The second kappa shape index (κ2) is 3.82. The zero-order chi connectivity index (χ0) is 8.97. The maximum atomic E-state index is 10.7. The van der Waals surface area contributed by atoms with Gasteiger partial charge in [-0.2, -0.15) is 0 Å².